The van der Waals surface area contributed by atoms with Gasteiger partial charge in [0.1, 0.15) is 11.6 Å². The second-order valence-corrected chi connectivity index (χ2v) is 8.96. The van der Waals surface area contributed by atoms with Gasteiger partial charge in [-0.2, -0.15) is 0 Å². The predicted molar refractivity (Wildman–Crippen MR) is 115 cm³/mol. The van der Waals surface area contributed by atoms with E-state index < -0.39 is 15.8 Å². The standard InChI is InChI=1S/C21H20ClFN2O4S/c1-25-15(10-13-4-5-14(11-19(13)23)24-30(3,27)28)6-9-20(25)21(26)17-8-7-16(29-2)12-18(17)22/h4-9,11-12,24H,10H2,1-3H3. The van der Waals surface area contributed by atoms with E-state index in [2.05, 4.69) is 4.72 Å². The van der Waals surface area contributed by atoms with Crippen molar-refractivity contribution in [2.24, 2.45) is 7.05 Å². The average Bonchev–Trinajstić information content (AvgIpc) is 3.02. The molecular formula is C21H20ClFN2O4S. The summed E-state index contributed by atoms with van der Waals surface area (Å²) in [6.45, 7) is 0. The fraction of sp³-hybridized carbons (Fsp3) is 0.190. The number of nitrogens with zero attached hydrogens (tertiary/aromatic N) is 1. The lowest BCUT2D eigenvalue weighted by Gasteiger charge is -2.11. The normalized spacial score (nSPS) is 11.4. The van der Waals surface area contributed by atoms with Crippen LogP contribution in [0.2, 0.25) is 5.02 Å². The summed E-state index contributed by atoms with van der Waals surface area (Å²) in [6.07, 6.45) is 1.22. The van der Waals surface area contributed by atoms with Gasteiger partial charge in [-0.15, -0.1) is 0 Å². The van der Waals surface area contributed by atoms with Crippen molar-refractivity contribution in [3.8, 4) is 5.75 Å². The van der Waals surface area contributed by atoms with E-state index in [1.807, 2.05) is 0 Å². The van der Waals surface area contributed by atoms with Crippen molar-refractivity contribution in [3.05, 3.63) is 81.9 Å². The van der Waals surface area contributed by atoms with Crippen LogP contribution in [0.1, 0.15) is 27.3 Å². The maximum absolute atomic E-state index is 14.5. The summed E-state index contributed by atoms with van der Waals surface area (Å²) in [4.78, 5) is 12.9. The highest BCUT2D eigenvalue weighted by Gasteiger charge is 2.19. The van der Waals surface area contributed by atoms with E-state index in [1.165, 1.54) is 19.2 Å². The molecule has 6 nitrogen and oxygen atoms in total. The molecule has 0 unspecified atom stereocenters. The Bertz CT molecular complexity index is 1220. The monoisotopic (exact) mass is 450 g/mol. The van der Waals surface area contributed by atoms with Gasteiger partial charge in [0.25, 0.3) is 0 Å². The van der Waals surface area contributed by atoms with E-state index in [4.69, 9.17) is 16.3 Å². The van der Waals surface area contributed by atoms with Crippen LogP contribution in [0.4, 0.5) is 10.1 Å². The number of hydrogen-bond acceptors (Lipinski definition) is 4. The molecule has 0 spiro atoms. The molecule has 1 aromatic heterocycles. The topological polar surface area (TPSA) is 77.4 Å². The minimum atomic E-state index is -3.49. The first-order valence-corrected chi connectivity index (χ1v) is 11.1. The predicted octanol–water partition coefficient (Wildman–Crippen LogP) is 4.02. The summed E-state index contributed by atoms with van der Waals surface area (Å²) in [6, 6.07) is 12.4. The highest BCUT2D eigenvalue weighted by molar-refractivity contribution is 7.92. The number of hydrogen-bond donors (Lipinski definition) is 1. The highest BCUT2D eigenvalue weighted by atomic mass is 35.5. The Labute approximate surface area is 179 Å². The second kappa shape index (κ2) is 8.49. The molecule has 1 N–H and O–H groups in total. The number of carbonyl (C=O) groups is 1. The lowest BCUT2D eigenvalue weighted by atomic mass is 10.1. The molecule has 0 bridgehead atoms. The van der Waals surface area contributed by atoms with E-state index in [-0.39, 0.29) is 22.9 Å². The van der Waals surface area contributed by atoms with E-state index in [0.717, 1.165) is 12.3 Å². The molecule has 3 rings (SSSR count). The highest BCUT2D eigenvalue weighted by Crippen LogP contribution is 2.26. The van der Waals surface area contributed by atoms with E-state index >= 15 is 0 Å². The lowest BCUT2D eigenvalue weighted by Crippen LogP contribution is -2.11. The van der Waals surface area contributed by atoms with Gasteiger partial charge in [0.2, 0.25) is 15.8 Å². The smallest absolute Gasteiger partial charge is 0.229 e. The number of halogens is 2. The van der Waals surface area contributed by atoms with Gasteiger partial charge in [-0.3, -0.25) is 9.52 Å². The molecule has 1 heterocycles. The number of ketones is 1. The van der Waals surface area contributed by atoms with Crippen molar-refractivity contribution < 1.29 is 22.3 Å². The minimum absolute atomic E-state index is 0.149. The fourth-order valence-corrected chi connectivity index (χ4v) is 3.88. The van der Waals surface area contributed by atoms with Crippen LogP contribution in [0, 0.1) is 5.82 Å². The summed E-state index contributed by atoms with van der Waals surface area (Å²) >= 11 is 6.21. The summed E-state index contributed by atoms with van der Waals surface area (Å²) in [5.41, 5.74) is 1.98. The fourth-order valence-electron chi connectivity index (χ4n) is 3.07. The van der Waals surface area contributed by atoms with Crippen molar-refractivity contribution in [1.82, 2.24) is 4.57 Å². The molecule has 0 fully saturated rings. The first-order valence-electron chi connectivity index (χ1n) is 8.88. The van der Waals surface area contributed by atoms with Gasteiger partial charge in [-0.05, 0) is 48.0 Å². The largest absolute Gasteiger partial charge is 0.497 e. The Morgan fingerprint density at radius 2 is 1.90 bits per heavy atom. The Kier molecular flexibility index (Phi) is 6.19. The zero-order valence-corrected chi connectivity index (χ0v) is 18.1. The van der Waals surface area contributed by atoms with Gasteiger partial charge in [0.05, 0.1) is 29.8 Å². The zero-order chi connectivity index (χ0) is 22.1. The van der Waals surface area contributed by atoms with Crippen molar-refractivity contribution in [3.63, 3.8) is 0 Å². The second-order valence-electron chi connectivity index (χ2n) is 6.80. The number of carbonyl (C=O) groups excluding carboxylic acids is 1. The molecule has 0 aliphatic rings. The van der Waals surface area contributed by atoms with Crippen LogP contribution in [0.3, 0.4) is 0 Å². The van der Waals surface area contributed by atoms with Crippen LogP contribution in [0.25, 0.3) is 0 Å². The number of methoxy groups -OCH3 is 1. The number of benzene rings is 2. The molecule has 0 amide bonds. The molecule has 0 atom stereocenters. The molecule has 3 aromatic rings. The number of ether oxygens (including phenoxy) is 1. The van der Waals surface area contributed by atoms with Gasteiger partial charge in [-0.25, -0.2) is 12.8 Å². The van der Waals surface area contributed by atoms with Gasteiger partial charge in [-0.1, -0.05) is 17.7 Å². The van der Waals surface area contributed by atoms with Crippen molar-refractivity contribution in [2.75, 3.05) is 18.1 Å². The molecule has 0 radical (unpaired) electrons. The zero-order valence-electron chi connectivity index (χ0n) is 16.6. The van der Waals surface area contributed by atoms with Gasteiger partial charge in [0.15, 0.2) is 0 Å². The maximum atomic E-state index is 14.5. The third-order valence-electron chi connectivity index (χ3n) is 4.61. The molecular weight excluding hydrogens is 431 g/mol. The third kappa shape index (κ3) is 4.83. The molecule has 0 aliphatic heterocycles. The van der Waals surface area contributed by atoms with Crippen molar-refractivity contribution in [1.29, 1.82) is 0 Å². The SMILES string of the molecule is COc1ccc(C(=O)c2ccc(Cc3ccc(NS(C)(=O)=O)cc3F)n2C)c(Cl)c1. The van der Waals surface area contributed by atoms with Crippen molar-refractivity contribution in [2.45, 2.75) is 6.42 Å². The Morgan fingerprint density at radius 1 is 1.17 bits per heavy atom. The van der Waals surface area contributed by atoms with Gasteiger partial charge in [0, 0.05) is 24.7 Å². The van der Waals surface area contributed by atoms with Gasteiger partial charge < -0.3 is 9.30 Å². The maximum Gasteiger partial charge on any atom is 0.229 e. The van der Waals surface area contributed by atoms with Crippen LogP contribution >= 0.6 is 11.6 Å². The Balaban J connectivity index is 1.84. The van der Waals surface area contributed by atoms with E-state index in [9.17, 15) is 17.6 Å². The molecule has 0 saturated carbocycles. The number of aromatic nitrogens is 1. The molecule has 0 aliphatic carbocycles. The van der Waals surface area contributed by atoms with E-state index in [1.54, 1.807) is 41.9 Å². The summed E-state index contributed by atoms with van der Waals surface area (Å²) in [5.74, 6) is -0.256. The molecule has 158 valence electrons. The summed E-state index contributed by atoms with van der Waals surface area (Å²) in [7, 11) is -0.257. The number of nitrogens with one attached hydrogen (secondary N) is 1. The number of anilines is 1. The summed E-state index contributed by atoms with van der Waals surface area (Å²) < 4.78 is 46.1. The van der Waals surface area contributed by atoms with E-state index in [0.29, 0.717) is 28.3 Å². The first kappa shape index (κ1) is 21.9. The van der Waals surface area contributed by atoms with Crippen molar-refractivity contribution >= 4 is 33.1 Å². The van der Waals surface area contributed by atoms with Crippen LogP contribution < -0.4 is 9.46 Å². The van der Waals surface area contributed by atoms with Crippen LogP contribution in [-0.4, -0.2) is 32.1 Å². The minimum Gasteiger partial charge on any atom is -0.497 e. The van der Waals surface area contributed by atoms with Crippen LogP contribution in [-0.2, 0) is 23.5 Å². The Hall–Kier alpha value is -2.84. The number of rotatable bonds is 7. The quantitative estimate of drug-likeness (QED) is 0.551. The van der Waals surface area contributed by atoms with Crippen LogP contribution in [0.5, 0.6) is 5.75 Å². The number of sulfonamides is 1. The summed E-state index contributed by atoms with van der Waals surface area (Å²) in [5, 5.41) is 0.280. The lowest BCUT2D eigenvalue weighted by molar-refractivity contribution is 0.103. The molecule has 30 heavy (non-hydrogen) atoms. The molecule has 2 aromatic carbocycles. The Morgan fingerprint density at radius 3 is 2.50 bits per heavy atom. The van der Waals surface area contributed by atoms with Gasteiger partial charge >= 0.3 is 0 Å². The molecule has 0 saturated heterocycles. The first-order chi connectivity index (χ1) is 14.1. The van der Waals surface area contributed by atoms with Crippen LogP contribution in [0.15, 0.2) is 48.5 Å². The average molecular weight is 451 g/mol. The molecule has 9 heteroatoms. The third-order valence-corrected chi connectivity index (χ3v) is 5.53.